The molecule has 1 heterocycles. The van der Waals surface area contributed by atoms with Crippen molar-refractivity contribution in [3.05, 3.63) is 35.2 Å². The van der Waals surface area contributed by atoms with Gasteiger partial charge in [0.05, 0.1) is 36.5 Å². The Kier molecular flexibility index (Phi) is 4.44. The number of ether oxygens (including phenoxy) is 2. The number of methoxy groups -OCH3 is 2. The summed E-state index contributed by atoms with van der Waals surface area (Å²) >= 11 is 0. The number of aryl methyl sites for hydroxylation is 2. The van der Waals surface area contributed by atoms with Gasteiger partial charge in [0.15, 0.2) is 0 Å². The van der Waals surface area contributed by atoms with Crippen LogP contribution < -0.4 is 9.47 Å². The van der Waals surface area contributed by atoms with Crippen LogP contribution in [-0.4, -0.2) is 23.6 Å². The van der Waals surface area contributed by atoms with Gasteiger partial charge in [-0.3, -0.25) is 4.21 Å². The van der Waals surface area contributed by atoms with E-state index in [4.69, 9.17) is 14.0 Å². The summed E-state index contributed by atoms with van der Waals surface area (Å²) in [6.07, 6.45) is 0. The van der Waals surface area contributed by atoms with Crippen LogP contribution in [0.25, 0.3) is 0 Å². The summed E-state index contributed by atoms with van der Waals surface area (Å²) in [5.74, 6) is 2.10. The Balaban J connectivity index is 2.39. The van der Waals surface area contributed by atoms with E-state index in [1.165, 1.54) is 0 Å². The normalized spacial score (nSPS) is 12.2. The molecule has 0 aliphatic rings. The van der Waals surface area contributed by atoms with Crippen LogP contribution in [0.1, 0.15) is 17.0 Å². The summed E-state index contributed by atoms with van der Waals surface area (Å²) < 4.78 is 28.3. The fourth-order valence-electron chi connectivity index (χ4n) is 1.95. The van der Waals surface area contributed by atoms with Gasteiger partial charge in [-0.1, -0.05) is 11.2 Å². The first kappa shape index (κ1) is 14.6. The number of aromatic nitrogens is 1. The molecule has 0 amide bonds. The first-order valence-electron chi connectivity index (χ1n) is 6.09. The van der Waals surface area contributed by atoms with Crippen molar-refractivity contribution >= 4 is 10.8 Å². The van der Waals surface area contributed by atoms with Crippen molar-refractivity contribution in [3.8, 4) is 11.5 Å². The summed E-state index contributed by atoms with van der Waals surface area (Å²) in [4.78, 5) is 0.553. The molecule has 2 rings (SSSR count). The van der Waals surface area contributed by atoms with Gasteiger partial charge < -0.3 is 14.0 Å². The second-order valence-corrected chi connectivity index (χ2v) is 5.67. The highest BCUT2D eigenvalue weighted by molar-refractivity contribution is 7.84. The number of rotatable bonds is 5. The molecule has 2 aromatic rings. The lowest BCUT2D eigenvalue weighted by Gasteiger charge is -2.12. The molecule has 108 valence electrons. The summed E-state index contributed by atoms with van der Waals surface area (Å²) in [7, 11) is 1.79. The molecular formula is C14H17NO4S. The van der Waals surface area contributed by atoms with Crippen LogP contribution in [0.2, 0.25) is 0 Å². The van der Waals surface area contributed by atoms with Gasteiger partial charge in [-0.15, -0.1) is 0 Å². The zero-order valence-corrected chi connectivity index (χ0v) is 12.7. The molecule has 0 fully saturated rings. The van der Waals surface area contributed by atoms with Crippen LogP contribution in [-0.2, 0) is 16.6 Å². The van der Waals surface area contributed by atoms with Crippen molar-refractivity contribution in [1.29, 1.82) is 0 Å². The second-order valence-electron chi connectivity index (χ2n) is 4.28. The van der Waals surface area contributed by atoms with Crippen molar-refractivity contribution in [2.45, 2.75) is 24.5 Å². The minimum atomic E-state index is -1.31. The van der Waals surface area contributed by atoms with E-state index in [1.807, 2.05) is 13.8 Å². The molecule has 0 aliphatic carbocycles. The van der Waals surface area contributed by atoms with E-state index >= 15 is 0 Å². The van der Waals surface area contributed by atoms with E-state index in [1.54, 1.807) is 32.4 Å². The predicted octanol–water partition coefficient (Wildman–Crippen LogP) is 2.62. The molecular weight excluding hydrogens is 278 g/mol. The highest BCUT2D eigenvalue weighted by atomic mass is 32.2. The lowest BCUT2D eigenvalue weighted by molar-refractivity contribution is 0.375. The Bertz CT molecular complexity index is 594. The van der Waals surface area contributed by atoms with Gasteiger partial charge in [0.1, 0.15) is 22.2 Å². The third-order valence-electron chi connectivity index (χ3n) is 3.07. The molecule has 0 unspecified atom stereocenters. The van der Waals surface area contributed by atoms with Gasteiger partial charge in [0.25, 0.3) is 0 Å². The van der Waals surface area contributed by atoms with Crippen molar-refractivity contribution in [2.75, 3.05) is 14.2 Å². The molecule has 0 aliphatic heterocycles. The minimum Gasteiger partial charge on any atom is -0.495 e. The SMILES string of the molecule is COc1cccc(OC)c1[S@@](=O)Cc1c(C)noc1C. The second kappa shape index (κ2) is 6.09. The van der Waals surface area contributed by atoms with Crippen molar-refractivity contribution in [2.24, 2.45) is 0 Å². The molecule has 0 bridgehead atoms. The molecule has 0 saturated carbocycles. The van der Waals surface area contributed by atoms with E-state index in [2.05, 4.69) is 5.16 Å². The van der Waals surface area contributed by atoms with Crippen molar-refractivity contribution in [1.82, 2.24) is 5.16 Å². The molecule has 0 saturated heterocycles. The molecule has 20 heavy (non-hydrogen) atoms. The quantitative estimate of drug-likeness (QED) is 0.848. The van der Waals surface area contributed by atoms with Gasteiger partial charge in [-0.2, -0.15) is 0 Å². The van der Waals surface area contributed by atoms with Crippen LogP contribution in [0.15, 0.2) is 27.6 Å². The Hall–Kier alpha value is -1.82. The molecule has 5 nitrogen and oxygen atoms in total. The fraction of sp³-hybridized carbons (Fsp3) is 0.357. The molecule has 1 aromatic carbocycles. The van der Waals surface area contributed by atoms with E-state index in [0.717, 1.165) is 11.3 Å². The first-order chi connectivity index (χ1) is 9.58. The average molecular weight is 295 g/mol. The monoisotopic (exact) mass is 295 g/mol. The lowest BCUT2D eigenvalue weighted by atomic mass is 10.2. The molecule has 0 N–H and O–H groups in total. The van der Waals surface area contributed by atoms with Crippen LogP contribution >= 0.6 is 0 Å². The number of hydrogen-bond acceptors (Lipinski definition) is 5. The maximum absolute atomic E-state index is 12.7. The minimum absolute atomic E-state index is 0.317. The largest absolute Gasteiger partial charge is 0.495 e. The van der Waals surface area contributed by atoms with Gasteiger partial charge in [0, 0.05) is 5.56 Å². The maximum Gasteiger partial charge on any atom is 0.138 e. The Morgan fingerprint density at radius 2 is 1.80 bits per heavy atom. The standard InChI is InChI=1S/C14H17NO4S/c1-9-11(10(2)19-15-9)8-20(16)14-12(17-3)6-5-7-13(14)18-4/h5-7H,8H2,1-4H3/t20-/m0/s1. The Morgan fingerprint density at radius 1 is 1.20 bits per heavy atom. The molecule has 1 aromatic heterocycles. The smallest absolute Gasteiger partial charge is 0.138 e. The van der Waals surface area contributed by atoms with E-state index in [-0.39, 0.29) is 0 Å². The van der Waals surface area contributed by atoms with Gasteiger partial charge in [-0.05, 0) is 26.0 Å². The third kappa shape index (κ3) is 2.70. The zero-order chi connectivity index (χ0) is 14.7. The highest BCUT2D eigenvalue weighted by Crippen LogP contribution is 2.33. The molecule has 0 radical (unpaired) electrons. The Labute approximate surface area is 120 Å². The van der Waals surface area contributed by atoms with E-state index in [9.17, 15) is 4.21 Å². The molecule has 0 spiro atoms. The highest BCUT2D eigenvalue weighted by Gasteiger charge is 2.20. The summed E-state index contributed by atoms with van der Waals surface area (Å²) in [6.45, 7) is 3.65. The van der Waals surface area contributed by atoms with Crippen LogP contribution in [0.3, 0.4) is 0 Å². The van der Waals surface area contributed by atoms with Gasteiger partial charge >= 0.3 is 0 Å². The topological polar surface area (TPSA) is 61.6 Å². The van der Waals surface area contributed by atoms with Crippen LogP contribution in [0.5, 0.6) is 11.5 Å². The maximum atomic E-state index is 12.7. The van der Waals surface area contributed by atoms with E-state index < -0.39 is 10.8 Å². The summed E-state index contributed by atoms with van der Waals surface area (Å²) in [5, 5.41) is 3.88. The predicted molar refractivity (Wildman–Crippen MR) is 75.6 cm³/mol. The van der Waals surface area contributed by atoms with Crippen molar-refractivity contribution < 1.29 is 18.2 Å². The van der Waals surface area contributed by atoms with Crippen LogP contribution in [0.4, 0.5) is 0 Å². The van der Waals surface area contributed by atoms with Crippen LogP contribution in [0, 0.1) is 13.8 Å². The van der Waals surface area contributed by atoms with E-state index in [0.29, 0.717) is 27.9 Å². The fourth-order valence-corrected chi connectivity index (χ4v) is 3.52. The van der Waals surface area contributed by atoms with Gasteiger partial charge in [-0.25, -0.2) is 0 Å². The molecule has 1 atom stereocenters. The Morgan fingerprint density at radius 3 is 2.25 bits per heavy atom. The number of hydrogen-bond donors (Lipinski definition) is 0. The van der Waals surface area contributed by atoms with Gasteiger partial charge in [0.2, 0.25) is 0 Å². The lowest BCUT2D eigenvalue weighted by Crippen LogP contribution is -2.03. The number of benzene rings is 1. The molecule has 6 heteroatoms. The average Bonchev–Trinajstić information content (AvgIpc) is 2.77. The summed E-state index contributed by atoms with van der Waals surface area (Å²) in [6, 6.07) is 5.33. The first-order valence-corrected chi connectivity index (χ1v) is 7.41. The zero-order valence-electron chi connectivity index (χ0n) is 11.9. The van der Waals surface area contributed by atoms with Crippen molar-refractivity contribution in [3.63, 3.8) is 0 Å². The summed E-state index contributed by atoms with van der Waals surface area (Å²) in [5.41, 5.74) is 1.61. The third-order valence-corrected chi connectivity index (χ3v) is 4.48. The number of nitrogens with zero attached hydrogens (tertiary/aromatic N) is 1.